The molecule has 0 radical (unpaired) electrons. The van der Waals surface area contributed by atoms with E-state index >= 15 is 0 Å². The lowest BCUT2D eigenvalue weighted by molar-refractivity contribution is -0.149. The monoisotopic (exact) mass is 529 g/mol. The first kappa shape index (κ1) is 32.7. The fourth-order valence-electron chi connectivity index (χ4n) is 4.17. The van der Waals surface area contributed by atoms with E-state index in [1.807, 2.05) is 6.92 Å². The third kappa shape index (κ3) is 19.8. The maximum atomic E-state index is 12.5. The molecule has 1 heterocycles. The zero-order valence-corrected chi connectivity index (χ0v) is 23.1. The molecule has 0 aromatic rings. The lowest BCUT2D eigenvalue weighted by atomic mass is 9.97. The van der Waals surface area contributed by atoms with Gasteiger partial charge >= 0.3 is 13.8 Å². The second-order valence-corrected chi connectivity index (χ2v) is 11.1. The van der Waals surface area contributed by atoms with Crippen LogP contribution in [0.5, 0.6) is 0 Å². The zero-order chi connectivity index (χ0) is 26.3. The molecule has 0 fully saturated rings. The van der Waals surface area contributed by atoms with Crippen LogP contribution in [0.4, 0.5) is 0 Å². The third-order valence-corrected chi connectivity index (χ3v) is 7.22. The summed E-state index contributed by atoms with van der Waals surface area (Å²) in [7, 11) is -4.30. The molecule has 0 aromatic carbocycles. The molecule has 1 aliphatic rings. The number of esters is 1. The average Bonchev–Trinajstić information content (AvgIpc) is 2.83. The summed E-state index contributed by atoms with van der Waals surface area (Å²) in [5.74, 6) is -0.577. The molecule has 36 heavy (non-hydrogen) atoms. The number of ether oxygens (including phenoxy) is 1. The van der Waals surface area contributed by atoms with E-state index in [2.05, 4.69) is 29.5 Å². The zero-order valence-electron chi connectivity index (χ0n) is 22.2. The molecule has 0 saturated heterocycles. The highest BCUT2D eigenvalue weighted by Crippen LogP contribution is 2.43. The van der Waals surface area contributed by atoms with Gasteiger partial charge in [0, 0.05) is 6.42 Å². The summed E-state index contributed by atoms with van der Waals surface area (Å²) in [6, 6.07) is 0. The number of phosphoric acid groups is 1. The van der Waals surface area contributed by atoms with Crippen molar-refractivity contribution in [3.8, 4) is 0 Å². The van der Waals surface area contributed by atoms with Gasteiger partial charge in [-0.2, -0.15) is 4.91 Å². The molecule has 0 spiro atoms. The summed E-state index contributed by atoms with van der Waals surface area (Å²) in [6.07, 6.45) is 25.2. The largest absolute Gasteiger partial charge is 0.472 e. The Hall–Kier alpha value is -1.34. The van der Waals surface area contributed by atoms with Crippen LogP contribution < -0.4 is 0 Å². The standard InChI is InChI=1S/C27H48NO7P/c1-25-19-17-15-13-11-9-7-5-3-2-4-6-8-10-12-14-16-18-20-26(23-27(29)35-25)24-34-36(31,32)33-22-21-28-30/h7,9,15,17,25-26H,2-6,8,10-14,16,18-24H2,1H3,(H,31,32)/b9-7+,17-15+/t25-,26+/m0/s1. The molecular formula is C27H48NO7P. The number of nitroso groups, excluding NO2 is 1. The molecular weight excluding hydrogens is 481 g/mol. The van der Waals surface area contributed by atoms with Crippen LogP contribution in [0.15, 0.2) is 29.5 Å². The summed E-state index contributed by atoms with van der Waals surface area (Å²) < 4.78 is 27.4. The van der Waals surface area contributed by atoms with Gasteiger partial charge in [-0.1, -0.05) is 87.3 Å². The number of phosphoric ester groups is 1. The van der Waals surface area contributed by atoms with Crippen molar-refractivity contribution in [1.29, 1.82) is 0 Å². The Kier molecular flexibility index (Phi) is 19.7. The molecule has 8 nitrogen and oxygen atoms in total. The van der Waals surface area contributed by atoms with Gasteiger partial charge in [0.05, 0.1) is 19.6 Å². The van der Waals surface area contributed by atoms with Gasteiger partial charge in [0.25, 0.3) is 0 Å². The van der Waals surface area contributed by atoms with E-state index < -0.39 is 7.82 Å². The minimum atomic E-state index is -4.30. The Morgan fingerprint density at radius 1 is 0.917 bits per heavy atom. The maximum absolute atomic E-state index is 12.5. The van der Waals surface area contributed by atoms with E-state index in [-0.39, 0.29) is 44.2 Å². The molecule has 9 heteroatoms. The van der Waals surface area contributed by atoms with Crippen molar-refractivity contribution in [3.05, 3.63) is 29.2 Å². The summed E-state index contributed by atoms with van der Waals surface area (Å²) in [5.41, 5.74) is 0. The lowest BCUT2D eigenvalue weighted by Crippen LogP contribution is -2.20. The van der Waals surface area contributed by atoms with Gasteiger partial charge < -0.3 is 9.63 Å². The Bertz CT molecular complexity index is 683. The molecule has 3 atom stereocenters. The lowest BCUT2D eigenvalue weighted by Gasteiger charge is -2.19. The Morgan fingerprint density at radius 2 is 1.50 bits per heavy atom. The van der Waals surface area contributed by atoms with E-state index in [9.17, 15) is 19.2 Å². The summed E-state index contributed by atoms with van der Waals surface area (Å²) in [6.45, 7) is 1.27. The fraction of sp³-hybridized carbons (Fsp3) is 0.815. The maximum Gasteiger partial charge on any atom is 0.472 e. The molecule has 0 aromatic heterocycles. The molecule has 208 valence electrons. The summed E-state index contributed by atoms with van der Waals surface area (Å²) in [4.78, 5) is 32.5. The number of carbonyl (C=O) groups is 1. The number of hydrogen-bond donors (Lipinski definition) is 1. The number of nitrogens with zero attached hydrogens (tertiary/aromatic N) is 1. The van der Waals surface area contributed by atoms with Crippen molar-refractivity contribution in [3.63, 3.8) is 0 Å². The molecule has 1 aliphatic heterocycles. The molecule has 0 aliphatic carbocycles. The van der Waals surface area contributed by atoms with Crippen molar-refractivity contribution in [2.45, 2.75) is 116 Å². The predicted octanol–water partition coefficient (Wildman–Crippen LogP) is 7.80. The highest BCUT2D eigenvalue weighted by molar-refractivity contribution is 7.47. The van der Waals surface area contributed by atoms with Crippen LogP contribution in [0.25, 0.3) is 0 Å². The van der Waals surface area contributed by atoms with E-state index in [1.165, 1.54) is 51.4 Å². The molecule has 0 bridgehead atoms. The highest BCUT2D eigenvalue weighted by atomic mass is 31.2. The third-order valence-electron chi connectivity index (χ3n) is 6.23. The fourth-order valence-corrected chi connectivity index (χ4v) is 4.96. The minimum absolute atomic E-state index is 0.0841. The summed E-state index contributed by atoms with van der Waals surface area (Å²) >= 11 is 0. The van der Waals surface area contributed by atoms with Crippen LogP contribution in [0.3, 0.4) is 0 Å². The number of hydrogen-bond acceptors (Lipinski definition) is 7. The van der Waals surface area contributed by atoms with Crippen LogP contribution >= 0.6 is 7.82 Å². The summed E-state index contributed by atoms with van der Waals surface area (Å²) in [5, 5.41) is 2.60. The quantitative estimate of drug-likeness (QED) is 0.118. The number of rotatable bonds is 7. The average molecular weight is 530 g/mol. The van der Waals surface area contributed by atoms with Crippen LogP contribution in [0, 0.1) is 10.8 Å². The van der Waals surface area contributed by atoms with Gasteiger partial charge in [-0.05, 0) is 44.9 Å². The van der Waals surface area contributed by atoms with Crippen LogP contribution in [0.2, 0.25) is 0 Å². The molecule has 1 rings (SSSR count). The first-order valence-corrected chi connectivity index (χ1v) is 15.3. The van der Waals surface area contributed by atoms with Gasteiger partial charge in [-0.15, -0.1) is 0 Å². The molecule has 1 N–H and O–H groups in total. The molecule has 0 saturated carbocycles. The Balaban J connectivity index is 2.59. The van der Waals surface area contributed by atoms with Gasteiger partial charge in [0.15, 0.2) is 0 Å². The number of cyclic esters (lactones) is 1. The van der Waals surface area contributed by atoms with E-state index in [0.29, 0.717) is 12.8 Å². The first-order valence-electron chi connectivity index (χ1n) is 13.8. The Morgan fingerprint density at radius 3 is 2.17 bits per heavy atom. The van der Waals surface area contributed by atoms with E-state index in [1.54, 1.807) is 0 Å². The van der Waals surface area contributed by atoms with Gasteiger partial charge in [-0.3, -0.25) is 13.8 Å². The number of allylic oxidation sites excluding steroid dienone is 3. The highest BCUT2D eigenvalue weighted by Gasteiger charge is 2.25. The topological polar surface area (TPSA) is 111 Å². The van der Waals surface area contributed by atoms with Crippen molar-refractivity contribution in [2.75, 3.05) is 19.8 Å². The van der Waals surface area contributed by atoms with Gasteiger partial charge in [-0.25, -0.2) is 4.57 Å². The van der Waals surface area contributed by atoms with Gasteiger partial charge in [0.1, 0.15) is 12.6 Å². The van der Waals surface area contributed by atoms with Crippen molar-refractivity contribution in [2.24, 2.45) is 11.1 Å². The van der Waals surface area contributed by atoms with Crippen LogP contribution in [-0.4, -0.2) is 36.7 Å². The van der Waals surface area contributed by atoms with Gasteiger partial charge in [0.2, 0.25) is 0 Å². The SMILES string of the molecule is C[C@H]1C/C=C/CC/C=C/CCCCCCCCCCCC[C@@H](COP(=O)(O)OCCN=O)CC(=O)O1. The smallest absolute Gasteiger partial charge is 0.462 e. The minimum Gasteiger partial charge on any atom is -0.462 e. The molecule has 0 amide bonds. The van der Waals surface area contributed by atoms with Crippen LogP contribution in [0.1, 0.15) is 110 Å². The Labute approximate surface area is 217 Å². The number of carbonyl (C=O) groups excluding carboxylic acids is 1. The predicted molar refractivity (Wildman–Crippen MR) is 144 cm³/mol. The van der Waals surface area contributed by atoms with Crippen molar-refractivity contribution < 1.29 is 28.0 Å². The van der Waals surface area contributed by atoms with E-state index in [4.69, 9.17) is 13.8 Å². The second-order valence-electron chi connectivity index (χ2n) is 9.69. The van der Waals surface area contributed by atoms with E-state index in [0.717, 1.165) is 32.1 Å². The normalized spacial score (nSPS) is 26.6. The molecule has 1 unspecified atom stereocenters. The van der Waals surface area contributed by atoms with Crippen molar-refractivity contribution in [1.82, 2.24) is 0 Å². The first-order chi connectivity index (χ1) is 17.4. The second kappa shape index (κ2) is 21.7. The van der Waals surface area contributed by atoms with Crippen molar-refractivity contribution >= 4 is 13.8 Å². The van der Waals surface area contributed by atoms with Crippen LogP contribution in [-0.2, 0) is 23.1 Å².